The first-order valence-corrected chi connectivity index (χ1v) is 5.83. The van der Waals surface area contributed by atoms with E-state index in [9.17, 15) is 10.2 Å². The maximum atomic E-state index is 10.2. The maximum Gasteiger partial charge on any atom is 0.123 e. The van der Waals surface area contributed by atoms with Crippen LogP contribution in [0.3, 0.4) is 0 Å². The average molecular weight is 243 g/mol. The van der Waals surface area contributed by atoms with Gasteiger partial charge in [0, 0.05) is 31.4 Å². The van der Waals surface area contributed by atoms with Gasteiger partial charge in [-0.05, 0) is 11.6 Å². The van der Waals surface area contributed by atoms with Crippen molar-refractivity contribution in [3.05, 3.63) is 59.7 Å². The third-order valence-corrected chi connectivity index (χ3v) is 2.94. The van der Waals surface area contributed by atoms with Crippen LogP contribution in [0.25, 0.3) is 0 Å². The van der Waals surface area contributed by atoms with Crippen LogP contribution in [0.4, 0.5) is 5.69 Å². The van der Waals surface area contributed by atoms with Crippen molar-refractivity contribution >= 4 is 5.69 Å². The monoisotopic (exact) mass is 243 g/mol. The molecule has 3 heteroatoms. The van der Waals surface area contributed by atoms with Crippen molar-refractivity contribution in [2.75, 3.05) is 19.0 Å². The Morgan fingerprint density at radius 1 is 1.00 bits per heavy atom. The van der Waals surface area contributed by atoms with Crippen molar-refractivity contribution in [2.45, 2.75) is 6.10 Å². The van der Waals surface area contributed by atoms with Crippen LogP contribution in [0.2, 0.25) is 0 Å². The molecule has 0 heterocycles. The molecule has 2 N–H and O–H groups in total. The van der Waals surface area contributed by atoms with Crippen molar-refractivity contribution in [3.63, 3.8) is 0 Å². The molecule has 0 aliphatic carbocycles. The molecule has 0 spiro atoms. The third-order valence-electron chi connectivity index (χ3n) is 2.94. The van der Waals surface area contributed by atoms with Crippen LogP contribution in [0.1, 0.15) is 17.2 Å². The predicted molar refractivity (Wildman–Crippen MR) is 72.9 cm³/mol. The van der Waals surface area contributed by atoms with E-state index in [1.807, 2.05) is 55.4 Å². The first-order valence-electron chi connectivity index (χ1n) is 5.83. The second-order valence-corrected chi connectivity index (χ2v) is 4.45. The van der Waals surface area contributed by atoms with E-state index < -0.39 is 6.10 Å². The van der Waals surface area contributed by atoms with E-state index in [1.54, 1.807) is 12.1 Å². The molecule has 1 unspecified atom stereocenters. The van der Waals surface area contributed by atoms with Gasteiger partial charge in [-0.15, -0.1) is 0 Å². The Morgan fingerprint density at radius 2 is 1.67 bits per heavy atom. The maximum absolute atomic E-state index is 10.2. The second-order valence-electron chi connectivity index (χ2n) is 4.45. The normalized spacial score (nSPS) is 12.2. The first-order chi connectivity index (χ1) is 8.59. The van der Waals surface area contributed by atoms with Gasteiger partial charge in [-0.1, -0.05) is 36.4 Å². The zero-order valence-corrected chi connectivity index (χ0v) is 10.5. The minimum absolute atomic E-state index is 0.109. The largest absolute Gasteiger partial charge is 0.507 e. The number of aromatic hydroxyl groups is 1. The van der Waals surface area contributed by atoms with Crippen molar-refractivity contribution in [3.8, 4) is 5.75 Å². The summed E-state index contributed by atoms with van der Waals surface area (Å²) in [5, 5.41) is 20.2. The number of aliphatic hydroxyl groups is 1. The first kappa shape index (κ1) is 12.5. The van der Waals surface area contributed by atoms with E-state index in [4.69, 9.17) is 0 Å². The van der Waals surface area contributed by atoms with Crippen LogP contribution in [-0.2, 0) is 0 Å². The topological polar surface area (TPSA) is 43.7 Å². The highest BCUT2D eigenvalue weighted by atomic mass is 16.3. The van der Waals surface area contributed by atoms with Gasteiger partial charge in [-0.2, -0.15) is 0 Å². The van der Waals surface area contributed by atoms with Gasteiger partial charge in [0.25, 0.3) is 0 Å². The summed E-state index contributed by atoms with van der Waals surface area (Å²) in [4.78, 5) is 1.90. The second kappa shape index (κ2) is 5.10. The summed E-state index contributed by atoms with van der Waals surface area (Å²) in [6, 6.07) is 14.6. The predicted octanol–water partition coefficient (Wildman–Crippen LogP) is 2.54. The molecule has 0 saturated carbocycles. The smallest absolute Gasteiger partial charge is 0.123 e. The summed E-state index contributed by atoms with van der Waals surface area (Å²) in [5.74, 6) is 0.109. The number of hydrogen-bond donors (Lipinski definition) is 2. The van der Waals surface area contributed by atoms with Crippen molar-refractivity contribution < 1.29 is 10.2 Å². The summed E-state index contributed by atoms with van der Waals surface area (Å²) < 4.78 is 0. The highest BCUT2D eigenvalue weighted by molar-refractivity contribution is 5.54. The zero-order valence-electron chi connectivity index (χ0n) is 10.5. The number of aliphatic hydroxyl groups excluding tert-OH is 1. The molecule has 0 saturated heterocycles. The van der Waals surface area contributed by atoms with Gasteiger partial charge in [0.05, 0.1) is 0 Å². The minimum Gasteiger partial charge on any atom is -0.507 e. The summed E-state index contributed by atoms with van der Waals surface area (Å²) in [6.45, 7) is 0. The van der Waals surface area contributed by atoms with Crippen LogP contribution in [-0.4, -0.2) is 24.3 Å². The molecular formula is C15H17NO2. The SMILES string of the molecule is CN(C)c1ccc(C(O)c2ccccc2)c(O)c1. The van der Waals surface area contributed by atoms with Crippen LogP contribution in [0.5, 0.6) is 5.75 Å². The molecule has 94 valence electrons. The molecule has 0 aromatic heterocycles. The molecule has 0 aliphatic heterocycles. The Kier molecular flexibility index (Phi) is 3.53. The lowest BCUT2D eigenvalue weighted by atomic mass is 10.0. The van der Waals surface area contributed by atoms with Crippen LogP contribution < -0.4 is 4.90 Å². The molecule has 0 amide bonds. The molecule has 2 aromatic carbocycles. The fraction of sp³-hybridized carbons (Fsp3) is 0.200. The van der Waals surface area contributed by atoms with E-state index >= 15 is 0 Å². The van der Waals surface area contributed by atoms with Crippen LogP contribution in [0.15, 0.2) is 48.5 Å². The van der Waals surface area contributed by atoms with Crippen molar-refractivity contribution in [1.82, 2.24) is 0 Å². The Hall–Kier alpha value is -2.00. The molecule has 2 aromatic rings. The van der Waals surface area contributed by atoms with E-state index in [0.29, 0.717) is 5.56 Å². The number of benzene rings is 2. The number of rotatable bonds is 3. The Bertz CT molecular complexity index is 523. The van der Waals surface area contributed by atoms with Gasteiger partial charge in [0.2, 0.25) is 0 Å². The Labute approximate surface area is 107 Å². The molecule has 0 bridgehead atoms. The molecular weight excluding hydrogens is 226 g/mol. The van der Waals surface area contributed by atoms with Gasteiger partial charge in [-0.25, -0.2) is 0 Å². The third kappa shape index (κ3) is 2.46. The highest BCUT2D eigenvalue weighted by Crippen LogP contribution is 2.31. The molecule has 18 heavy (non-hydrogen) atoms. The highest BCUT2D eigenvalue weighted by Gasteiger charge is 2.14. The van der Waals surface area contributed by atoms with Gasteiger partial charge >= 0.3 is 0 Å². The van der Waals surface area contributed by atoms with E-state index in [-0.39, 0.29) is 5.75 Å². The average Bonchev–Trinajstić information content (AvgIpc) is 2.38. The minimum atomic E-state index is -0.803. The van der Waals surface area contributed by atoms with Gasteiger partial charge < -0.3 is 15.1 Å². The molecule has 1 atom stereocenters. The quantitative estimate of drug-likeness (QED) is 0.870. The number of nitrogens with zero attached hydrogens (tertiary/aromatic N) is 1. The van der Waals surface area contributed by atoms with Crippen molar-refractivity contribution in [1.29, 1.82) is 0 Å². The lowest BCUT2D eigenvalue weighted by Gasteiger charge is -2.17. The number of phenols is 1. The lowest BCUT2D eigenvalue weighted by Crippen LogP contribution is -2.09. The van der Waals surface area contributed by atoms with E-state index in [2.05, 4.69) is 0 Å². The standard InChI is InChI=1S/C15H17NO2/c1-16(2)12-8-9-13(14(17)10-12)15(18)11-6-4-3-5-7-11/h3-10,15,17-18H,1-2H3. The van der Waals surface area contributed by atoms with Crippen molar-refractivity contribution in [2.24, 2.45) is 0 Å². The molecule has 0 radical (unpaired) electrons. The number of phenolic OH excluding ortho intramolecular Hbond substituents is 1. The summed E-state index contributed by atoms with van der Waals surface area (Å²) in [5.41, 5.74) is 2.19. The van der Waals surface area contributed by atoms with Gasteiger partial charge in [-0.3, -0.25) is 0 Å². The van der Waals surface area contributed by atoms with Crippen LogP contribution in [0, 0.1) is 0 Å². The summed E-state index contributed by atoms with van der Waals surface area (Å²) >= 11 is 0. The van der Waals surface area contributed by atoms with Crippen LogP contribution >= 0.6 is 0 Å². The fourth-order valence-electron chi connectivity index (χ4n) is 1.86. The molecule has 0 fully saturated rings. The zero-order chi connectivity index (χ0) is 13.1. The van der Waals surface area contributed by atoms with E-state index in [0.717, 1.165) is 11.3 Å². The molecule has 2 rings (SSSR count). The molecule has 0 aliphatic rings. The fourth-order valence-corrected chi connectivity index (χ4v) is 1.86. The van der Waals surface area contributed by atoms with Gasteiger partial charge in [0.1, 0.15) is 11.9 Å². The lowest BCUT2D eigenvalue weighted by molar-refractivity contribution is 0.215. The Balaban J connectivity index is 2.34. The Morgan fingerprint density at radius 3 is 2.22 bits per heavy atom. The number of hydrogen-bond acceptors (Lipinski definition) is 3. The number of anilines is 1. The summed E-state index contributed by atoms with van der Waals surface area (Å²) in [6.07, 6.45) is -0.803. The molecule has 3 nitrogen and oxygen atoms in total. The van der Waals surface area contributed by atoms with E-state index in [1.165, 1.54) is 0 Å². The summed E-state index contributed by atoms with van der Waals surface area (Å²) in [7, 11) is 3.81. The van der Waals surface area contributed by atoms with Gasteiger partial charge in [0.15, 0.2) is 0 Å².